The van der Waals surface area contributed by atoms with Gasteiger partial charge in [-0.3, -0.25) is 0 Å². The Morgan fingerprint density at radius 3 is 2.65 bits per heavy atom. The van der Waals surface area contributed by atoms with Crippen LogP contribution in [-0.2, 0) is 0 Å². The highest BCUT2D eigenvalue weighted by atomic mass is 16.3. The van der Waals surface area contributed by atoms with Crippen molar-refractivity contribution >= 4 is 0 Å². The van der Waals surface area contributed by atoms with Crippen molar-refractivity contribution in [1.82, 2.24) is 0 Å². The second-order valence-electron chi connectivity index (χ2n) is 7.00. The number of hydrogen-bond acceptors (Lipinski definition) is 1. The lowest BCUT2D eigenvalue weighted by atomic mass is 9.68. The average Bonchev–Trinajstić information content (AvgIpc) is 2.15. The zero-order chi connectivity index (χ0) is 12.9. The Labute approximate surface area is 107 Å². The van der Waals surface area contributed by atoms with Gasteiger partial charge >= 0.3 is 0 Å². The minimum atomic E-state index is 0.128. The first-order valence-corrected chi connectivity index (χ1v) is 6.96. The third kappa shape index (κ3) is 5.59. The van der Waals surface area contributed by atoms with Crippen LogP contribution in [0.25, 0.3) is 0 Å². The molecule has 98 valence electrons. The first-order chi connectivity index (χ1) is 7.85. The van der Waals surface area contributed by atoms with Gasteiger partial charge in [-0.15, -0.1) is 5.92 Å². The predicted molar refractivity (Wildman–Crippen MR) is 73.6 cm³/mol. The molecule has 0 amide bonds. The molecule has 0 radical (unpaired) electrons. The summed E-state index contributed by atoms with van der Waals surface area (Å²) in [7, 11) is 0. The van der Waals surface area contributed by atoms with Crippen LogP contribution in [0.2, 0.25) is 0 Å². The SMILES string of the molecule is CC(C)(C)C#CC[C@H]1CCCC(C)(CCO)C1. The molecule has 17 heavy (non-hydrogen) atoms. The first kappa shape index (κ1) is 14.6. The minimum Gasteiger partial charge on any atom is -0.396 e. The molecule has 0 aromatic rings. The quantitative estimate of drug-likeness (QED) is 0.734. The smallest absolute Gasteiger partial charge is 0.0436 e. The van der Waals surface area contributed by atoms with Crippen molar-refractivity contribution in [3.63, 3.8) is 0 Å². The molecular formula is C16H28O. The molecule has 0 aromatic heterocycles. The molecule has 0 aromatic carbocycles. The van der Waals surface area contributed by atoms with Crippen LogP contribution in [0.4, 0.5) is 0 Å². The van der Waals surface area contributed by atoms with Gasteiger partial charge in [0.15, 0.2) is 0 Å². The molecule has 1 unspecified atom stereocenters. The van der Waals surface area contributed by atoms with Crippen molar-refractivity contribution in [3.05, 3.63) is 0 Å². The molecule has 2 atom stereocenters. The molecule has 1 rings (SSSR count). The summed E-state index contributed by atoms with van der Waals surface area (Å²) in [5.41, 5.74) is 0.490. The van der Waals surface area contributed by atoms with Gasteiger partial charge in [0.25, 0.3) is 0 Å². The maximum Gasteiger partial charge on any atom is 0.0436 e. The van der Waals surface area contributed by atoms with Gasteiger partial charge in [-0.1, -0.05) is 19.3 Å². The average molecular weight is 236 g/mol. The van der Waals surface area contributed by atoms with E-state index in [2.05, 4.69) is 39.5 Å². The van der Waals surface area contributed by atoms with Crippen molar-refractivity contribution in [2.45, 2.75) is 66.2 Å². The number of hydrogen-bond donors (Lipinski definition) is 1. The lowest BCUT2D eigenvalue weighted by molar-refractivity contribution is 0.116. The van der Waals surface area contributed by atoms with Gasteiger partial charge in [0.2, 0.25) is 0 Å². The minimum absolute atomic E-state index is 0.128. The monoisotopic (exact) mass is 236 g/mol. The summed E-state index contributed by atoms with van der Waals surface area (Å²) in [6, 6.07) is 0. The van der Waals surface area contributed by atoms with E-state index in [9.17, 15) is 0 Å². The van der Waals surface area contributed by atoms with Gasteiger partial charge in [-0.2, -0.15) is 0 Å². The van der Waals surface area contributed by atoms with Crippen molar-refractivity contribution in [2.75, 3.05) is 6.61 Å². The van der Waals surface area contributed by atoms with Crippen LogP contribution in [0.3, 0.4) is 0 Å². The van der Waals surface area contributed by atoms with Crippen molar-refractivity contribution in [3.8, 4) is 11.8 Å². The molecule has 1 nitrogen and oxygen atoms in total. The lowest BCUT2D eigenvalue weighted by Gasteiger charge is -2.37. The molecule has 0 spiro atoms. The molecule has 0 bridgehead atoms. The lowest BCUT2D eigenvalue weighted by Crippen LogP contribution is -2.26. The van der Waals surface area contributed by atoms with Crippen molar-refractivity contribution < 1.29 is 5.11 Å². The van der Waals surface area contributed by atoms with E-state index < -0.39 is 0 Å². The van der Waals surface area contributed by atoms with Crippen LogP contribution in [0.15, 0.2) is 0 Å². The van der Waals surface area contributed by atoms with Crippen LogP contribution in [0.5, 0.6) is 0 Å². The maximum absolute atomic E-state index is 9.12. The van der Waals surface area contributed by atoms with Crippen molar-refractivity contribution in [2.24, 2.45) is 16.7 Å². The molecule has 0 heterocycles. The molecule has 1 heteroatoms. The molecule has 1 N–H and O–H groups in total. The summed E-state index contributed by atoms with van der Waals surface area (Å²) in [5, 5.41) is 9.12. The summed E-state index contributed by atoms with van der Waals surface area (Å²) in [5.74, 6) is 7.44. The van der Waals surface area contributed by atoms with E-state index in [1.807, 2.05) is 0 Å². The molecular weight excluding hydrogens is 208 g/mol. The second-order valence-corrected chi connectivity index (χ2v) is 7.00. The summed E-state index contributed by atoms with van der Waals surface area (Å²) in [6.07, 6.45) is 7.13. The molecule has 1 fully saturated rings. The molecule has 1 saturated carbocycles. The van der Waals surface area contributed by atoms with Gasteiger partial charge in [0, 0.05) is 18.4 Å². The third-order valence-electron chi connectivity index (χ3n) is 3.74. The zero-order valence-corrected chi connectivity index (χ0v) is 12.0. The van der Waals surface area contributed by atoms with E-state index in [-0.39, 0.29) is 5.41 Å². The number of aliphatic hydroxyl groups excluding tert-OH is 1. The number of aliphatic hydroxyl groups is 1. The standard InChI is InChI=1S/C16H28O/c1-15(2,3)9-5-7-14-8-6-10-16(4,13-14)11-12-17/h14,17H,6-8,10-13H2,1-4H3/t14-,16?/m0/s1. The molecule has 0 saturated heterocycles. The molecule has 1 aliphatic carbocycles. The van der Waals surface area contributed by atoms with Crippen molar-refractivity contribution in [1.29, 1.82) is 0 Å². The van der Waals surface area contributed by atoms with Gasteiger partial charge < -0.3 is 5.11 Å². The normalized spacial score (nSPS) is 29.6. The third-order valence-corrected chi connectivity index (χ3v) is 3.74. The highest BCUT2D eigenvalue weighted by Gasteiger charge is 2.31. The van der Waals surface area contributed by atoms with E-state index in [4.69, 9.17) is 5.11 Å². The van der Waals surface area contributed by atoms with E-state index >= 15 is 0 Å². The fourth-order valence-electron chi connectivity index (χ4n) is 2.85. The summed E-state index contributed by atoms with van der Waals surface area (Å²) in [4.78, 5) is 0. The summed E-state index contributed by atoms with van der Waals surface area (Å²) < 4.78 is 0. The number of rotatable bonds is 3. The van der Waals surface area contributed by atoms with Crippen LogP contribution < -0.4 is 0 Å². The van der Waals surface area contributed by atoms with Crippen LogP contribution in [-0.4, -0.2) is 11.7 Å². The van der Waals surface area contributed by atoms with E-state index in [1.54, 1.807) is 0 Å². The molecule has 1 aliphatic rings. The van der Waals surface area contributed by atoms with Gasteiger partial charge in [0.05, 0.1) is 0 Å². The largest absolute Gasteiger partial charge is 0.396 e. The van der Waals surface area contributed by atoms with E-state index in [1.165, 1.54) is 25.7 Å². The maximum atomic E-state index is 9.12. The Balaban J connectivity index is 2.47. The van der Waals surface area contributed by atoms with E-state index in [0.29, 0.717) is 12.0 Å². The van der Waals surface area contributed by atoms with Gasteiger partial charge in [-0.25, -0.2) is 0 Å². The summed E-state index contributed by atoms with van der Waals surface area (Å²) in [6.45, 7) is 9.15. The first-order valence-electron chi connectivity index (χ1n) is 6.96. The van der Waals surface area contributed by atoms with Crippen LogP contribution in [0, 0.1) is 28.6 Å². The Bertz CT molecular complexity index is 285. The van der Waals surface area contributed by atoms with Crippen LogP contribution >= 0.6 is 0 Å². The zero-order valence-electron chi connectivity index (χ0n) is 12.0. The Kier molecular flexibility index (Phi) is 5.07. The Hall–Kier alpha value is -0.480. The topological polar surface area (TPSA) is 20.2 Å². The van der Waals surface area contributed by atoms with E-state index in [0.717, 1.165) is 18.8 Å². The fraction of sp³-hybridized carbons (Fsp3) is 0.875. The van der Waals surface area contributed by atoms with Gasteiger partial charge in [-0.05, 0) is 57.8 Å². The second kappa shape index (κ2) is 5.91. The van der Waals surface area contributed by atoms with Crippen LogP contribution in [0.1, 0.15) is 66.2 Å². The Morgan fingerprint density at radius 2 is 2.06 bits per heavy atom. The Morgan fingerprint density at radius 1 is 1.35 bits per heavy atom. The van der Waals surface area contributed by atoms with Gasteiger partial charge in [0.1, 0.15) is 0 Å². The summed E-state index contributed by atoms with van der Waals surface area (Å²) >= 11 is 0. The predicted octanol–water partition coefficient (Wildman–Crippen LogP) is 4.00. The molecule has 0 aliphatic heterocycles. The highest BCUT2D eigenvalue weighted by Crippen LogP contribution is 2.42. The highest BCUT2D eigenvalue weighted by molar-refractivity contribution is 5.08. The fourth-order valence-corrected chi connectivity index (χ4v) is 2.85.